The third-order valence-corrected chi connectivity index (χ3v) is 2.29. The molecule has 0 aromatic rings. The molecule has 0 aromatic heterocycles. The highest BCUT2D eigenvalue weighted by Crippen LogP contribution is 2.23. The summed E-state index contributed by atoms with van der Waals surface area (Å²) in [5.41, 5.74) is 0. The predicted octanol–water partition coefficient (Wildman–Crippen LogP) is 2.21. The number of hydrogen-bond acceptors (Lipinski definition) is 2. The van der Waals surface area contributed by atoms with Crippen molar-refractivity contribution in [1.82, 2.24) is 4.90 Å². The van der Waals surface area contributed by atoms with Crippen LogP contribution < -0.4 is 0 Å². The van der Waals surface area contributed by atoms with Crippen LogP contribution in [0, 0.1) is 5.92 Å². The van der Waals surface area contributed by atoms with Crippen molar-refractivity contribution in [2.24, 2.45) is 5.92 Å². The molecular formula is C11H21NO2. The molecule has 1 aliphatic rings. The van der Waals surface area contributed by atoms with Gasteiger partial charge in [-0.1, -0.05) is 20.8 Å². The summed E-state index contributed by atoms with van der Waals surface area (Å²) in [5, 5.41) is 0. The van der Waals surface area contributed by atoms with Crippen LogP contribution in [-0.4, -0.2) is 22.8 Å². The Hall–Kier alpha value is -0.860. The molecule has 0 spiro atoms. The van der Waals surface area contributed by atoms with E-state index < -0.39 is 0 Å². The third kappa shape index (κ3) is 2.56. The van der Waals surface area contributed by atoms with Gasteiger partial charge in [0.25, 0.3) is 0 Å². The molecule has 3 nitrogen and oxygen atoms in total. The predicted molar refractivity (Wildman–Crippen MR) is 56.7 cm³/mol. The Balaban J connectivity index is 0.000000791. The molecule has 0 aromatic carbocycles. The fourth-order valence-corrected chi connectivity index (χ4v) is 1.58. The topological polar surface area (TPSA) is 37.4 Å². The molecule has 0 radical (unpaired) electrons. The summed E-state index contributed by atoms with van der Waals surface area (Å²) in [6, 6.07) is 0.0153. The molecule has 0 saturated carbocycles. The van der Waals surface area contributed by atoms with E-state index in [1.807, 2.05) is 34.6 Å². The smallest absolute Gasteiger partial charge is 0.233 e. The molecule has 1 rings (SSSR count). The second-order valence-electron chi connectivity index (χ2n) is 3.51. The van der Waals surface area contributed by atoms with E-state index in [4.69, 9.17) is 0 Å². The number of carbonyl (C=O) groups is 2. The Labute approximate surface area is 86.5 Å². The van der Waals surface area contributed by atoms with Gasteiger partial charge in [0.15, 0.2) is 0 Å². The molecular weight excluding hydrogens is 178 g/mol. The molecule has 1 aliphatic heterocycles. The lowest BCUT2D eigenvalue weighted by Crippen LogP contribution is -2.36. The van der Waals surface area contributed by atoms with Crippen molar-refractivity contribution in [1.29, 1.82) is 0 Å². The van der Waals surface area contributed by atoms with E-state index in [2.05, 4.69) is 0 Å². The van der Waals surface area contributed by atoms with E-state index in [9.17, 15) is 9.59 Å². The van der Waals surface area contributed by atoms with E-state index in [-0.39, 0.29) is 23.8 Å². The van der Waals surface area contributed by atoms with Crippen LogP contribution in [0.2, 0.25) is 0 Å². The molecule has 3 heteroatoms. The zero-order chi connectivity index (χ0) is 11.3. The minimum Gasteiger partial charge on any atom is -0.280 e. The van der Waals surface area contributed by atoms with Gasteiger partial charge in [0, 0.05) is 18.4 Å². The summed E-state index contributed by atoms with van der Waals surface area (Å²) in [7, 11) is 0. The van der Waals surface area contributed by atoms with Crippen LogP contribution in [-0.2, 0) is 9.59 Å². The Bertz CT molecular complexity index is 211. The largest absolute Gasteiger partial charge is 0.280 e. The first-order valence-electron chi connectivity index (χ1n) is 5.43. The second kappa shape index (κ2) is 5.78. The number of likely N-dealkylation sites (tertiary alicyclic amines) is 1. The SMILES string of the molecule is CC.CCC1CC(=O)N(C(C)C)C1=O. The quantitative estimate of drug-likeness (QED) is 0.639. The molecule has 1 saturated heterocycles. The van der Waals surface area contributed by atoms with Crippen molar-refractivity contribution in [2.75, 3.05) is 0 Å². The number of imide groups is 1. The maximum absolute atomic E-state index is 11.5. The minimum absolute atomic E-state index is 0.0116. The van der Waals surface area contributed by atoms with Crippen molar-refractivity contribution >= 4 is 11.8 Å². The fraction of sp³-hybridized carbons (Fsp3) is 0.818. The van der Waals surface area contributed by atoms with Gasteiger partial charge in [0.2, 0.25) is 11.8 Å². The normalized spacial score (nSPS) is 21.3. The van der Waals surface area contributed by atoms with E-state index in [0.717, 1.165) is 6.42 Å². The van der Waals surface area contributed by atoms with E-state index in [1.54, 1.807) is 0 Å². The summed E-state index contributed by atoms with van der Waals surface area (Å²) < 4.78 is 0. The van der Waals surface area contributed by atoms with Gasteiger partial charge in [-0.25, -0.2) is 0 Å². The Morgan fingerprint density at radius 3 is 2.07 bits per heavy atom. The van der Waals surface area contributed by atoms with Crippen molar-refractivity contribution in [3.8, 4) is 0 Å². The van der Waals surface area contributed by atoms with Gasteiger partial charge in [-0.2, -0.15) is 0 Å². The van der Waals surface area contributed by atoms with Crippen LogP contribution in [0.5, 0.6) is 0 Å². The van der Waals surface area contributed by atoms with Gasteiger partial charge < -0.3 is 0 Å². The van der Waals surface area contributed by atoms with Gasteiger partial charge in [-0.3, -0.25) is 14.5 Å². The molecule has 1 heterocycles. The fourth-order valence-electron chi connectivity index (χ4n) is 1.58. The van der Waals surface area contributed by atoms with Gasteiger partial charge in [0.05, 0.1) is 0 Å². The maximum atomic E-state index is 11.5. The molecule has 0 N–H and O–H groups in total. The molecule has 1 unspecified atom stereocenters. The number of nitrogens with zero attached hydrogens (tertiary/aromatic N) is 1. The summed E-state index contributed by atoms with van der Waals surface area (Å²) in [5.74, 6) is -0.0562. The van der Waals surface area contributed by atoms with Gasteiger partial charge in [0.1, 0.15) is 0 Å². The standard InChI is InChI=1S/C9H15NO2.C2H6/c1-4-7-5-8(11)10(6(2)3)9(7)12;1-2/h6-7H,4-5H2,1-3H3;1-2H3. The number of amides is 2. The highest BCUT2D eigenvalue weighted by molar-refractivity contribution is 6.03. The lowest BCUT2D eigenvalue weighted by molar-refractivity contribution is -0.141. The van der Waals surface area contributed by atoms with Crippen LogP contribution in [0.1, 0.15) is 47.5 Å². The molecule has 1 atom stereocenters. The van der Waals surface area contributed by atoms with E-state index in [1.165, 1.54) is 4.90 Å². The van der Waals surface area contributed by atoms with Crippen LogP contribution in [0.4, 0.5) is 0 Å². The zero-order valence-electron chi connectivity index (χ0n) is 9.83. The average molecular weight is 199 g/mol. The molecule has 14 heavy (non-hydrogen) atoms. The van der Waals surface area contributed by atoms with E-state index in [0.29, 0.717) is 6.42 Å². The average Bonchev–Trinajstić information content (AvgIpc) is 2.44. The number of rotatable bonds is 2. The Kier molecular flexibility index (Phi) is 5.43. The summed E-state index contributed by atoms with van der Waals surface area (Å²) in [6.45, 7) is 9.68. The molecule has 2 amide bonds. The van der Waals surface area contributed by atoms with E-state index >= 15 is 0 Å². The molecule has 82 valence electrons. The maximum Gasteiger partial charge on any atom is 0.233 e. The Morgan fingerprint density at radius 1 is 1.36 bits per heavy atom. The summed E-state index contributed by atoms with van der Waals surface area (Å²) in [4.78, 5) is 24.2. The Morgan fingerprint density at radius 2 is 1.86 bits per heavy atom. The highest BCUT2D eigenvalue weighted by atomic mass is 16.2. The molecule has 1 fully saturated rings. The first-order chi connectivity index (χ1) is 6.57. The number of carbonyl (C=O) groups excluding carboxylic acids is 2. The highest BCUT2D eigenvalue weighted by Gasteiger charge is 2.38. The molecule has 0 aliphatic carbocycles. The van der Waals surface area contributed by atoms with Crippen molar-refractivity contribution in [2.45, 2.75) is 53.5 Å². The first-order valence-corrected chi connectivity index (χ1v) is 5.43. The van der Waals surface area contributed by atoms with Gasteiger partial charge in [-0.15, -0.1) is 0 Å². The summed E-state index contributed by atoms with van der Waals surface area (Å²) >= 11 is 0. The van der Waals surface area contributed by atoms with Crippen LogP contribution >= 0.6 is 0 Å². The van der Waals surface area contributed by atoms with Crippen molar-refractivity contribution < 1.29 is 9.59 Å². The molecule has 0 bridgehead atoms. The minimum atomic E-state index is -0.0556. The lowest BCUT2D eigenvalue weighted by atomic mass is 10.1. The second-order valence-corrected chi connectivity index (χ2v) is 3.51. The monoisotopic (exact) mass is 199 g/mol. The van der Waals surface area contributed by atoms with Gasteiger partial charge in [-0.05, 0) is 20.3 Å². The third-order valence-electron chi connectivity index (χ3n) is 2.29. The summed E-state index contributed by atoms with van der Waals surface area (Å²) in [6.07, 6.45) is 1.18. The number of hydrogen-bond donors (Lipinski definition) is 0. The van der Waals surface area contributed by atoms with Crippen molar-refractivity contribution in [3.63, 3.8) is 0 Å². The lowest BCUT2D eigenvalue weighted by Gasteiger charge is -2.18. The van der Waals surface area contributed by atoms with Crippen LogP contribution in [0.15, 0.2) is 0 Å². The van der Waals surface area contributed by atoms with Crippen molar-refractivity contribution in [3.05, 3.63) is 0 Å². The first kappa shape index (κ1) is 13.1. The van der Waals surface area contributed by atoms with Crippen LogP contribution in [0.25, 0.3) is 0 Å². The van der Waals surface area contributed by atoms with Crippen LogP contribution in [0.3, 0.4) is 0 Å². The zero-order valence-corrected chi connectivity index (χ0v) is 9.83. The van der Waals surface area contributed by atoms with Gasteiger partial charge >= 0.3 is 0 Å².